The van der Waals surface area contributed by atoms with Crippen LogP contribution in [0.25, 0.3) is 0 Å². The van der Waals surface area contributed by atoms with Crippen LogP contribution in [0.4, 0.5) is 5.13 Å². The van der Waals surface area contributed by atoms with Crippen molar-refractivity contribution in [3.8, 4) is 11.5 Å². The number of hydrogen-bond donors (Lipinski definition) is 2. The summed E-state index contributed by atoms with van der Waals surface area (Å²) in [7, 11) is 0. The number of pyridine rings is 1. The van der Waals surface area contributed by atoms with E-state index in [9.17, 15) is 4.79 Å². The van der Waals surface area contributed by atoms with E-state index in [0.717, 1.165) is 22.6 Å². The Labute approximate surface area is 154 Å². The Hall–Kier alpha value is -3.13. The summed E-state index contributed by atoms with van der Waals surface area (Å²) in [5, 5.41) is 8.49. The Morgan fingerprint density at radius 1 is 1.15 bits per heavy atom. The lowest BCUT2D eigenvalue weighted by atomic mass is 10.2. The lowest BCUT2D eigenvalue weighted by molar-refractivity contribution is 0.0946. The number of hydrogen-bond acceptors (Lipinski definition) is 7. The number of rotatable bonds is 6. The van der Waals surface area contributed by atoms with Crippen LogP contribution >= 0.6 is 11.3 Å². The number of carbonyl (C=O) groups excluding carboxylic acids is 1. The first kappa shape index (κ1) is 16.3. The Morgan fingerprint density at radius 2 is 2.08 bits per heavy atom. The molecule has 7 nitrogen and oxygen atoms in total. The summed E-state index contributed by atoms with van der Waals surface area (Å²) in [6, 6.07) is 9.54. The maximum atomic E-state index is 12.2. The molecule has 0 saturated heterocycles. The molecule has 2 N–H and O–H groups in total. The third-order valence-corrected chi connectivity index (χ3v) is 4.59. The summed E-state index contributed by atoms with van der Waals surface area (Å²) in [5.74, 6) is 1.30. The van der Waals surface area contributed by atoms with Gasteiger partial charge in [0.25, 0.3) is 5.91 Å². The van der Waals surface area contributed by atoms with Gasteiger partial charge < -0.3 is 20.1 Å². The first-order valence-electron chi connectivity index (χ1n) is 8.03. The summed E-state index contributed by atoms with van der Waals surface area (Å²) in [6.07, 6.45) is 3.42. The van der Waals surface area contributed by atoms with E-state index in [1.165, 1.54) is 11.3 Å². The number of nitrogens with one attached hydrogen (secondary N) is 2. The quantitative estimate of drug-likeness (QED) is 0.696. The lowest BCUT2D eigenvalue weighted by Gasteiger charge is -2.04. The molecule has 0 atom stereocenters. The van der Waals surface area contributed by atoms with E-state index in [0.29, 0.717) is 23.9 Å². The smallest absolute Gasteiger partial charge is 0.271 e. The fraction of sp³-hybridized carbons (Fsp3) is 0.167. The first-order valence-corrected chi connectivity index (χ1v) is 8.91. The van der Waals surface area contributed by atoms with Gasteiger partial charge in [0, 0.05) is 30.9 Å². The number of nitrogens with zero attached hydrogens (tertiary/aromatic N) is 2. The van der Waals surface area contributed by atoms with Crippen molar-refractivity contribution in [1.29, 1.82) is 0 Å². The molecule has 0 saturated carbocycles. The summed E-state index contributed by atoms with van der Waals surface area (Å²) < 4.78 is 10.7. The number of carbonyl (C=O) groups is 1. The lowest BCUT2D eigenvalue weighted by Crippen LogP contribution is -2.23. The minimum atomic E-state index is -0.207. The molecule has 0 radical (unpaired) electrons. The van der Waals surface area contributed by atoms with E-state index in [-0.39, 0.29) is 12.7 Å². The number of thiazole rings is 1. The molecule has 1 amide bonds. The second-order valence-electron chi connectivity index (χ2n) is 5.62. The monoisotopic (exact) mass is 368 g/mol. The van der Waals surface area contributed by atoms with Crippen molar-refractivity contribution >= 4 is 22.4 Å². The van der Waals surface area contributed by atoms with Crippen molar-refractivity contribution in [1.82, 2.24) is 15.3 Å². The summed E-state index contributed by atoms with van der Waals surface area (Å²) in [6.45, 7) is 1.27. The summed E-state index contributed by atoms with van der Waals surface area (Å²) >= 11 is 1.39. The third-order valence-electron chi connectivity index (χ3n) is 3.79. The van der Waals surface area contributed by atoms with Gasteiger partial charge in [-0.05, 0) is 29.3 Å². The number of fused-ring (bicyclic) bond motifs is 1. The third kappa shape index (κ3) is 3.75. The number of benzene rings is 1. The topological polar surface area (TPSA) is 85.4 Å². The Bertz CT molecular complexity index is 914. The van der Waals surface area contributed by atoms with E-state index in [1.807, 2.05) is 30.3 Å². The average Bonchev–Trinajstić information content (AvgIpc) is 3.34. The van der Waals surface area contributed by atoms with Gasteiger partial charge in [-0.3, -0.25) is 9.78 Å². The van der Waals surface area contributed by atoms with Crippen LogP contribution in [-0.2, 0) is 13.1 Å². The van der Waals surface area contributed by atoms with Crippen LogP contribution < -0.4 is 20.1 Å². The van der Waals surface area contributed by atoms with E-state index in [1.54, 1.807) is 17.8 Å². The molecule has 0 spiro atoms. The molecule has 0 unspecified atom stereocenters. The number of amides is 1. The van der Waals surface area contributed by atoms with Gasteiger partial charge in [0.1, 0.15) is 5.69 Å². The van der Waals surface area contributed by atoms with Crippen molar-refractivity contribution < 1.29 is 14.3 Å². The molecule has 0 aliphatic carbocycles. The Balaban J connectivity index is 1.32. The Kier molecular flexibility index (Phi) is 4.65. The molecule has 2 aromatic heterocycles. The van der Waals surface area contributed by atoms with Crippen LogP contribution in [0.5, 0.6) is 11.5 Å². The Morgan fingerprint density at radius 3 is 2.96 bits per heavy atom. The van der Waals surface area contributed by atoms with Gasteiger partial charge in [0.15, 0.2) is 16.6 Å². The molecular formula is C18H16N4O3S. The zero-order chi connectivity index (χ0) is 17.8. The highest BCUT2D eigenvalue weighted by Crippen LogP contribution is 2.32. The van der Waals surface area contributed by atoms with E-state index < -0.39 is 0 Å². The van der Waals surface area contributed by atoms with Crippen molar-refractivity contribution in [2.75, 3.05) is 12.1 Å². The minimum Gasteiger partial charge on any atom is -0.454 e. The molecule has 1 aromatic carbocycles. The van der Waals surface area contributed by atoms with Crippen LogP contribution in [0.2, 0.25) is 0 Å². The summed E-state index contributed by atoms with van der Waals surface area (Å²) in [5.41, 5.74) is 2.39. The zero-order valence-electron chi connectivity index (χ0n) is 13.8. The highest BCUT2D eigenvalue weighted by Gasteiger charge is 2.14. The molecule has 3 aromatic rings. The zero-order valence-corrected chi connectivity index (χ0v) is 14.6. The highest BCUT2D eigenvalue weighted by atomic mass is 32.1. The van der Waals surface area contributed by atoms with Crippen LogP contribution in [0, 0.1) is 0 Å². The van der Waals surface area contributed by atoms with Crippen LogP contribution in [0.15, 0.2) is 48.1 Å². The molecule has 0 fully saturated rings. The maximum absolute atomic E-state index is 12.2. The predicted molar refractivity (Wildman–Crippen MR) is 97.4 cm³/mol. The molecule has 1 aliphatic rings. The van der Waals surface area contributed by atoms with Gasteiger partial charge in [-0.25, -0.2) is 4.98 Å². The second kappa shape index (κ2) is 7.40. The van der Waals surface area contributed by atoms with Gasteiger partial charge in [0.05, 0.1) is 0 Å². The van der Waals surface area contributed by atoms with Crippen molar-refractivity contribution in [3.63, 3.8) is 0 Å². The van der Waals surface area contributed by atoms with Crippen LogP contribution in [0.3, 0.4) is 0 Å². The van der Waals surface area contributed by atoms with E-state index in [4.69, 9.17) is 9.47 Å². The van der Waals surface area contributed by atoms with E-state index >= 15 is 0 Å². The van der Waals surface area contributed by atoms with E-state index in [2.05, 4.69) is 20.6 Å². The highest BCUT2D eigenvalue weighted by molar-refractivity contribution is 7.13. The number of aromatic nitrogens is 2. The summed E-state index contributed by atoms with van der Waals surface area (Å²) in [4.78, 5) is 20.5. The fourth-order valence-corrected chi connectivity index (χ4v) is 3.15. The fourth-order valence-electron chi connectivity index (χ4n) is 2.46. The molecule has 132 valence electrons. The van der Waals surface area contributed by atoms with Crippen molar-refractivity contribution in [2.45, 2.75) is 13.1 Å². The second-order valence-corrected chi connectivity index (χ2v) is 6.48. The molecule has 4 rings (SSSR count). The van der Waals surface area contributed by atoms with Gasteiger partial charge in [-0.15, -0.1) is 11.3 Å². The predicted octanol–water partition coefficient (Wildman–Crippen LogP) is 2.81. The van der Waals surface area contributed by atoms with Crippen LogP contribution in [-0.4, -0.2) is 22.7 Å². The van der Waals surface area contributed by atoms with Gasteiger partial charge >= 0.3 is 0 Å². The number of ether oxygens (including phenoxy) is 2. The van der Waals surface area contributed by atoms with Gasteiger partial charge in [-0.1, -0.05) is 12.1 Å². The maximum Gasteiger partial charge on any atom is 0.271 e. The number of anilines is 1. The largest absolute Gasteiger partial charge is 0.454 e. The average molecular weight is 368 g/mol. The SMILES string of the molecule is O=C(NCc1cccnc1)c1csc(NCc2ccc3c(c2)OCO3)n1. The molecular weight excluding hydrogens is 352 g/mol. The molecule has 1 aliphatic heterocycles. The molecule has 0 bridgehead atoms. The standard InChI is InChI=1S/C18H16N4O3S/c23-17(20-9-13-2-1-5-19-7-13)14-10-26-18(22-14)21-8-12-3-4-15-16(6-12)25-11-24-15/h1-7,10H,8-9,11H2,(H,20,23)(H,21,22). The first-order chi connectivity index (χ1) is 12.8. The normalized spacial score (nSPS) is 12.0. The molecule has 8 heteroatoms. The van der Waals surface area contributed by atoms with Gasteiger partial charge in [0.2, 0.25) is 6.79 Å². The van der Waals surface area contributed by atoms with Crippen LogP contribution in [0.1, 0.15) is 21.6 Å². The van der Waals surface area contributed by atoms with Crippen molar-refractivity contribution in [2.24, 2.45) is 0 Å². The molecule has 3 heterocycles. The van der Waals surface area contributed by atoms with Gasteiger partial charge in [-0.2, -0.15) is 0 Å². The minimum absolute atomic E-state index is 0.207. The molecule has 26 heavy (non-hydrogen) atoms. The van der Waals surface area contributed by atoms with Crippen molar-refractivity contribution in [3.05, 3.63) is 64.9 Å².